The second kappa shape index (κ2) is 11.2. The highest BCUT2D eigenvalue weighted by molar-refractivity contribution is 6.30. The number of aliphatic imine (C=N–C) groups is 1. The Balaban J connectivity index is 1.60. The fourth-order valence-electron chi connectivity index (χ4n) is 3.37. The summed E-state index contributed by atoms with van der Waals surface area (Å²) in [4.78, 5) is 4.79. The molecule has 1 fully saturated rings. The Kier molecular flexibility index (Phi) is 8.31. The molecule has 2 aromatic rings. The minimum Gasteiger partial charge on any atom is -0.376 e. The van der Waals surface area contributed by atoms with E-state index in [2.05, 4.69) is 39.2 Å². The largest absolute Gasteiger partial charge is 0.376 e. The van der Waals surface area contributed by atoms with Gasteiger partial charge in [0, 0.05) is 31.1 Å². The van der Waals surface area contributed by atoms with Crippen LogP contribution in [0.25, 0.3) is 0 Å². The number of halogens is 1. The molecule has 158 valence electrons. The van der Waals surface area contributed by atoms with Crippen LogP contribution in [0.15, 0.2) is 35.6 Å². The highest BCUT2D eigenvalue weighted by Crippen LogP contribution is 2.16. The van der Waals surface area contributed by atoms with Crippen LogP contribution in [0.1, 0.15) is 50.5 Å². The maximum atomic E-state index is 6.02. The molecule has 0 saturated carbocycles. The second-order valence-corrected chi connectivity index (χ2v) is 7.75. The third kappa shape index (κ3) is 6.72. The molecule has 0 bridgehead atoms. The zero-order valence-electron chi connectivity index (χ0n) is 17.3. The summed E-state index contributed by atoms with van der Waals surface area (Å²) in [6.07, 6.45) is 6.28. The van der Waals surface area contributed by atoms with E-state index in [1.807, 2.05) is 24.3 Å². The summed E-state index contributed by atoms with van der Waals surface area (Å²) in [6, 6.07) is 7.99. The van der Waals surface area contributed by atoms with Gasteiger partial charge in [-0.3, -0.25) is 4.99 Å². The van der Waals surface area contributed by atoms with Gasteiger partial charge in [0.1, 0.15) is 12.2 Å². The zero-order valence-corrected chi connectivity index (χ0v) is 18.0. The maximum absolute atomic E-state index is 6.02. The number of benzene rings is 1. The highest BCUT2D eigenvalue weighted by Gasteiger charge is 2.14. The van der Waals surface area contributed by atoms with Gasteiger partial charge in [-0.2, -0.15) is 0 Å². The van der Waals surface area contributed by atoms with E-state index in [0.717, 1.165) is 61.3 Å². The quantitative estimate of drug-likeness (QED) is 0.507. The van der Waals surface area contributed by atoms with E-state index in [1.165, 1.54) is 6.42 Å². The number of hydrogen-bond acceptors (Lipinski definition) is 4. The van der Waals surface area contributed by atoms with Gasteiger partial charge in [-0.15, -0.1) is 10.2 Å². The predicted molar refractivity (Wildman–Crippen MR) is 116 cm³/mol. The Morgan fingerprint density at radius 2 is 2.17 bits per heavy atom. The van der Waals surface area contributed by atoms with Gasteiger partial charge in [0.25, 0.3) is 0 Å². The van der Waals surface area contributed by atoms with Crippen molar-refractivity contribution in [1.82, 2.24) is 25.4 Å². The molecule has 0 spiro atoms. The summed E-state index contributed by atoms with van der Waals surface area (Å²) in [6.45, 7) is 7.22. The minimum atomic E-state index is 0.104. The van der Waals surface area contributed by atoms with Crippen LogP contribution >= 0.6 is 11.6 Å². The summed E-state index contributed by atoms with van der Waals surface area (Å²) in [5, 5.41) is 15.8. The lowest BCUT2D eigenvalue weighted by atomic mass is 10.1. The number of aromatic nitrogens is 3. The lowest BCUT2D eigenvalue weighted by molar-refractivity contribution is 0.0224. The Labute approximate surface area is 177 Å². The number of nitrogens with one attached hydrogen (secondary N) is 2. The fraction of sp³-hybridized carbons (Fsp3) is 0.571. The SMILES string of the molecule is CCc1nncn1CCNC(=NCC1CCCCO1)NC(C)c1ccc(Cl)cc1. The summed E-state index contributed by atoms with van der Waals surface area (Å²) in [7, 11) is 0. The van der Waals surface area contributed by atoms with Gasteiger partial charge < -0.3 is 19.9 Å². The van der Waals surface area contributed by atoms with Crippen LogP contribution in [0.3, 0.4) is 0 Å². The number of guanidine groups is 1. The average Bonchev–Trinajstić information content (AvgIpc) is 3.20. The predicted octanol–water partition coefficient (Wildman–Crippen LogP) is 3.36. The molecular weight excluding hydrogens is 388 g/mol. The molecule has 2 N–H and O–H groups in total. The summed E-state index contributed by atoms with van der Waals surface area (Å²) in [5.74, 6) is 1.77. The van der Waals surface area contributed by atoms with Gasteiger partial charge in [0.15, 0.2) is 5.96 Å². The Bertz CT molecular complexity index is 770. The second-order valence-electron chi connectivity index (χ2n) is 7.32. The van der Waals surface area contributed by atoms with Crippen LogP contribution in [-0.2, 0) is 17.7 Å². The van der Waals surface area contributed by atoms with Crippen molar-refractivity contribution in [3.63, 3.8) is 0 Å². The van der Waals surface area contributed by atoms with Gasteiger partial charge in [-0.05, 0) is 43.9 Å². The lowest BCUT2D eigenvalue weighted by Gasteiger charge is -2.23. The van der Waals surface area contributed by atoms with E-state index in [1.54, 1.807) is 6.33 Å². The Morgan fingerprint density at radius 3 is 2.90 bits per heavy atom. The van der Waals surface area contributed by atoms with Crippen LogP contribution in [0.4, 0.5) is 0 Å². The van der Waals surface area contributed by atoms with E-state index < -0.39 is 0 Å². The molecule has 1 aromatic heterocycles. The average molecular weight is 419 g/mol. The third-order valence-corrected chi connectivity index (χ3v) is 5.36. The smallest absolute Gasteiger partial charge is 0.191 e. The van der Waals surface area contributed by atoms with Crippen LogP contribution in [0.5, 0.6) is 0 Å². The number of nitrogens with zero attached hydrogens (tertiary/aromatic N) is 4. The first kappa shape index (κ1) is 21.6. The van der Waals surface area contributed by atoms with E-state index in [9.17, 15) is 0 Å². The number of rotatable bonds is 8. The monoisotopic (exact) mass is 418 g/mol. The first-order valence-corrected chi connectivity index (χ1v) is 10.8. The van der Waals surface area contributed by atoms with Gasteiger partial charge in [-0.25, -0.2) is 0 Å². The summed E-state index contributed by atoms with van der Waals surface area (Å²) >= 11 is 6.02. The first-order valence-electron chi connectivity index (χ1n) is 10.4. The van der Waals surface area contributed by atoms with Crippen molar-refractivity contribution in [2.75, 3.05) is 19.7 Å². The van der Waals surface area contributed by atoms with E-state index in [0.29, 0.717) is 6.54 Å². The van der Waals surface area contributed by atoms with Crippen LogP contribution in [0.2, 0.25) is 5.02 Å². The van der Waals surface area contributed by atoms with Crippen molar-refractivity contribution < 1.29 is 4.74 Å². The zero-order chi connectivity index (χ0) is 20.5. The standard InChI is InChI=1S/C21H31ClN6O/c1-3-20-27-25-15-28(20)12-11-23-21(24-14-19-6-4-5-13-29-19)26-16(2)17-7-9-18(22)10-8-17/h7-10,15-16,19H,3-6,11-14H2,1-2H3,(H2,23,24,26). The van der Waals surface area contributed by atoms with Gasteiger partial charge >= 0.3 is 0 Å². The number of ether oxygens (including phenoxy) is 1. The lowest BCUT2D eigenvalue weighted by Crippen LogP contribution is -2.41. The van der Waals surface area contributed by atoms with E-state index in [4.69, 9.17) is 21.3 Å². The van der Waals surface area contributed by atoms with Gasteiger partial charge in [-0.1, -0.05) is 30.7 Å². The van der Waals surface area contributed by atoms with Crippen LogP contribution in [-0.4, -0.2) is 46.5 Å². The molecule has 0 amide bonds. The molecular formula is C21H31ClN6O. The molecule has 1 saturated heterocycles. The normalized spacial score (nSPS) is 18.4. The summed E-state index contributed by atoms with van der Waals surface area (Å²) < 4.78 is 7.89. The van der Waals surface area contributed by atoms with Gasteiger partial charge in [0.05, 0.1) is 18.7 Å². The molecule has 2 unspecified atom stereocenters. The van der Waals surface area contributed by atoms with Crippen molar-refractivity contribution >= 4 is 17.6 Å². The van der Waals surface area contributed by atoms with Crippen LogP contribution < -0.4 is 10.6 Å². The molecule has 3 rings (SSSR count). The number of hydrogen-bond donors (Lipinski definition) is 2. The van der Waals surface area contributed by atoms with Crippen molar-refractivity contribution in [1.29, 1.82) is 0 Å². The molecule has 7 nitrogen and oxygen atoms in total. The van der Waals surface area contributed by atoms with Crippen LogP contribution in [0, 0.1) is 0 Å². The van der Waals surface area contributed by atoms with Crippen molar-refractivity contribution in [2.45, 2.75) is 58.2 Å². The first-order chi connectivity index (χ1) is 14.2. The summed E-state index contributed by atoms with van der Waals surface area (Å²) in [5.41, 5.74) is 1.16. The molecule has 0 aliphatic carbocycles. The molecule has 1 aromatic carbocycles. The fourth-order valence-corrected chi connectivity index (χ4v) is 3.50. The third-order valence-electron chi connectivity index (χ3n) is 5.11. The molecule has 1 aliphatic heterocycles. The molecule has 8 heteroatoms. The molecule has 0 radical (unpaired) electrons. The molecule has 2 heterocycles. The Hall–Kier alpha value is -2.12. The van der Waals surface area contributed by atoms with Crippen molar-refractivity contribution in [3.05, 3.63) is 47.0 Å². The minimum absolute atomic E-state index is 0.104. The molecule has 2 atom stereocenters. The molecule has 29 heavy (non-hydrogen) atoms. The van der Waals surface area contributed by atoms with Crippen molar-refractivity contribution in [3.8, 4) is 0 Å². The van der Waals surface area contributed by atoms with E-state index in [-0.39, 0.29) is 12.1 Å². The number of aryl methyl sites for hydroxylation is 1. The highest BCUT2D eigenvalue weighted by atomic mass is 35.5. The maximum Gasteiger partial charge on any atom is 0.191 e. The Morgan fingerprint density at radius 1 is 1.34 bits per heavy atom. The van der Waals surface area contributed by atoms with Crippen molar-refractivity contribution in [2.24, 2.45) is 4.99 Å². The molecule has 1 aliphatic rings. The van der Waals surface area contributed by atoms with Gasteiger partial charge in [0.2, 0.25) is 0 Å². The topological polar surface area (TPSA) is 76.4 Å². The van der Waals surface area contributed by atoms with E-state index >= 15 is 0 Å².